The number of amides is 3. The Hall–Kier alpha value is -2.67. The minimum absolute atomic E-state index is 0.0931. The van der Waals surface area contributed by atoms with Gasteiger partial charge in [0.2, 0.25) is 17.7 Å². The van der Waals surface area contributed by atoms with Crippen molar-refractivity contribution in [3.8, 4) is 0 Å². The summed E-state index contributed by atoms with van der Waals surface area (Å²) in [5, 5.41) is 13.0. The molecule has 1 unspecified atom stereocenters. The summed E-state index contributed by atoms with van der Waals surface area (Å²) in [5.74, 6) is -1.02. The van der Waals surface area contributed by atoms with Crippen LogP contribution in [0.15, 0.2) is 43.0 Å². The Morgan fingerprint density at radius 1 is 1.14 bits per heavy atom. The fourth-order valence-corrected chi connectivity index (χ4v) is 2.82. The summed E-state index contributed by atoms with van der Waals surface area (Å²) in [6, 6.07) is 8.71. The van der Waals surface area contributed by atoms with E-state index in [-0.39, 0.29) is 43.7 Å². The minimum atomic E-state index is -0.714. The maximum absolute atomic E-state index is 12.8. The van der Waals surface area contributed by atoms with Crippen molar-refractivity contribution in [2.75, 3.05) is 20.1 Å². The monoisotopic (exact) mass is 389 g/mol. The molecule has 0 spiro atoms. The molecule has 0 aromatic heterocycles. The maximum atomic E-state index is 12.8. The highest BCUT2D eigenvalue weighted by atomic mass is 16.5. The highest BCUT2D eigenvalue weighted by Gasteiger charge is 2.29. The van der Waals surface area contributed by atoms with Crippen LogP contribution in [0.25, 0.3) is 0 Å². The first-order valence-electron chi connectivity index (χ1n) is 9.45. The third kappa shape index (κ3) is 7.52. The predicted octanol–water partition coefficient (Wildman–Crippen LogP) is 2.01. The topological polar surface area (TPSA) is 90.0 Å². The number of hydrogen-bond donors (Lipinski definition) is 2. The van der Waals surface area contributed by atoms with E-state index in [2.05, 4.69) is 11.9 Å². The van der Waals surface area contributed by atoms with E-state index in [0.29, 0.717) is 11.5 Å². The van der Waals surface area contributed by atoms with Crippen molar-refractivity contribution < 1.29 is 19.6 Å². The third-order valence-electron chi connectivity index (χ3n) is 4.22. The molecule has 7 heteroatoms. The van der Waals surface area contributed by atoms with E-state index in [1.165, 1.54) is 11.9 Å². The number of nitrogens with zero attached hydrogens (tertiary/aromatic N) is 2. The van der Waals surface area contributed by atoms with Crippen molar-refractivity contribution >= 4 is 17.7 Å². The van der Waals surface area contributed by atoms with E-state index in [0.717, 1.165) is 5.56 Å². The lowest BCUT2D eigenvalue weighted by Gasteiger charge is -2.30. The molecule has 1 aromatic carbocycles. The summed E-state index contributed by atoms with van der Waals surface area (Å²) < 4.78 is 0. The number of carbonyl (C=O) groups is 3. The van der Waals surface area contributed by atoms with Gasteiger partial charge in [-0.05, 0) is 11.5 Å². The molecule has 0 bridgehead atoms. The Labute approximate surface area is 167 Å². The van der Waals surface area contributed by atoms with E-state index in [9.17, 15) is 19.6 Å². The van der Waals surface area contributed by atoms with Gasteiger partial charge in [0, 0.05) is 32.9 Å². The maximum Gasteiger partial charge on any atom is 0.246 e. The lowest BCUT2D eigenvalue weighted by molar-refractivity contribution is -0.168. The van der Waals surface area contributed by atoms with Crippen molar-refractivity contribution in [2.24, 2.45) is 5.92 Å². The molecule has 0 aliphatic heterocycles. The van der Waals surface area contributed by atoms with Crippen LogP contribution < -0.4 is 5.32 Å². The van der Waals surface area contributed by atoms with Gasteiger partial charge in [-0.3, -0.25) is 19.6 Å². The molecule has 0 saturated carbocycles. The number of hydroxylamine groups is 2. The van der Waals surface area contributed by atoms with Crippen LogP contribution in [-0.2, 0) is 20.8 Å². The van der Waals surface area contributed by atoms with Gasteiger partial charge in [0.05, 0.1) is 6.54 Å². The number of hydrogen-bond acceptors (Lipinski definition) is 4. The van der Waals surface area contributed by atoms with Crippen molar-refractivity contribution in [1.82, 2.24) is 15.3 Å². The zero-order chi connectivity index (χ0) is 21.1. The number of likely N-dealkylation sites (N-methyl/N-ethyl adjacent to an activating group) is 1. The van der Waals surface area contributed by atoms with Gasteiger partial charge in [0.25, 0.3) is 0 Å². The number of rotatable bonds is 11. The lowest BCUT2D eigenvalue weighted by Crippen LogP contribution is -2.50. The standard InChI is InChI=1S/C21H31N3O4/c1-5-13-23(19(25)11-12-20(26)24(28)15-16(2)3)18(21(27)22-4)14-17-9-7-6-8-10-17/h5-10,16,18,28H,1,11-15H2,2-4H3,(H,22,27). The van der Waals surface area contributed by atoms with Crippen LogP contribution >= 0.6 is 0 Å². The Morgan fingerprint density at radius 3 is 2.29 bits per heavy atom. The molecule has 0 aliphatic rings. The summed E-state index contributed by atoms with van der Waals surface area (Å²) >= 11 is 0. The summed E-state index contributed by atoms with van der Waals surface area (Å²) in [4.78, 5) is 38.7. The average molecular weight is 389 g/mol. The molecule has 154 valence electrons. The highest BCUT2D eigenvalue weighted by molar-refractivity contribution is 5.89. The first-order chi connectivity index (χ1) is 13.3. The molecule has 3 amide bonds. The van der Waals surface area contributed by atoms with Crippen molar-refractivity contribution in [3.05, 3.63) is 48.6 Å². The van der Waals surface area contributed by atoms with Crippen LogP contribution in [0.5, 0.6) is 0 Å². The Kier molecular flexibility index (Phi) is 9.95. The van der Waals surface area contributed by atoms with Gasteiger partial charge in [-0.1, -0.05) is 50.3 Å². The van der Waals surface area contributed by atoms with Crippen LogP contribution in [0.3, 0.4) is 0 Å². The van der Waals surface area contributed by atoms with Gasteiger partial charge >= 0.3 is 0 Å². The summed E-state index contributed by atoms with van der Waals surface area (Å²) in [5.41, 5.74) is 0.924. The molecular weight excluding hydrogens is 358 g/mol. The summed E-state index contributed by atoms with van der Waals surface area (Å²) in [6.07, 6.45) is 1.69. The molecule has 2 N–H and O–H groups in total. The van der Waals surface area contributed by atoms with E-state index < -0.39 is 11.9 Å². The molecule has 1 atom stereocenters. The van der Waals surface area contributed by atoms with Gasteiger partial charge < -0.3 is 10.2 Å². The molecule has 7 nitrogen and oxygen atoms in total. The van der Waals surface area contributed by atoms with E-state index in [4.69, 9.17) is 0 Å². The quantitative estimate of drug-likeness (QED) is 0.344. The van der Waals surface area contributed by atoms with E-state index in [1.807, 2.05) is 44.2 Å². The van der Waals surface area contributed by atoms with Gasteiger partial charge in [-0.25, -0.2) is 5.06 Å². The van der Waals surface area contributed by atoms with E-state index in [1.54, 1.807) is 6.08 Å². The second kappa shape index (κ2) is 11.9. The second-order valence-corrected chi connectivity index (χ2v) is 7.02. The third-order valence-corrected chi connectivity index (χ3v) is 4.22. The van der Waals surface area contributed by atoms with Gasteiger partial charge in [0.1, 0.15) is 6.04 Å². The molecule has 0 fully saturated rings. The molecule has 1 rings (SSSR count). The molecule has 0 radical (unpaired) electrons. The molecule has 0 saturated heterocycles. The van der Waals surface area contributed by atoms with Crippen molar-refractivity contribution in [1.29, 1.82) is 0 Å². The fourth-order valence-electron chi connectivity index (χ4n) is 2.82. The first kappa shape index (κ1) is 23.4. The SMILES string of the molecule is C=CCN(C(=O)CCC(=O)N(O)CC(C)C)C(Cc1ccccc1)C(=O)NC. The molecule has 1 aromatic rings. The number of benzene rings is 1. The minimum Gasteiger partial charge on any atom is -0.357 e. The lowest BCUT2D eigenvalue weighted by atomic mass is 10.0. The largest absolute Gasteiger partial charge is 0.357 e. The molecular formula is C21H31N3O4. The van der Waals surface area contributed by atoms with Gasteiger partial charge in [-0.2, -0.15) is 0 Å². The normalized spacial score (nSPS) is 11.6. The first-order valence-corrected chi connectivity index (χ1v) is 9.45. The van der Waals surface area contributed by atoms with Crippen LogP contribution in [0.4, 0.5) is 0 Å². The molecule has 0 heterocycles. The fraction of sp³-hybridized carbons (Fsp3) is 0.476. The summed E-state index contributed by atoms with van der Waals surface area (Å²) in [7, 11) is 1.52. The van der Waals surface area contributed by atoms with Crippen LogP contribution in [0.2, 0.25) is 0 Å². The Morgan fingerprint density at radius 2 is 1.75 bits per heavy atom. The van der Waals surface area contributed by atoms with Crippen molar-refractivity contribution in [3.63, 3.8) is 0 Å². The molecule has 28 heavy (non-hydrogen) atoms. The van der Waals surface area contributed by atoms with E-state index >= 15 is 0 Å². The smallest absolute Gasteiger partial charge is 0.246 e. The predicted molar refractivity (Wildman–Crippen MR) is 107 cm³/mol. The Bertz CT molecular complexity index is 661. The van der Waals surface area contributed by atoms with Gasteiger partial charge in [-0.15, -0.1) is 6.58 Å². The Balaban J connectivity index is 2.87. The highest BCUT2D eigenvalue weighted by Crippen LogP contribution is 2.13. The van der Waals surface area contributed by atoms with Crippen LogP contribution in [0.1, 0.15) is 32.3 Å². The zero-order valence-electron chi connectivity index (χ0n) is 16.9. The van der Waals surface area contributed by atoms with Crippen molar-refractivity contribution in [2.45, 2.75) is 39.2 Å². The number of carbonyl (C=O) groups excluding carboxylic acids is 3. The van der Waals surface area contributed by atoms with Gasteiger partial charge in [0.15, 0.2) is 0 Å². The molecule has 0 aliphatic carbocycles. The summed E-state index contributed by atoms with van der Waals surface area (Å²) in [6.45, 7) is 7.83. The van der Waals surface area contributed by atoms with Crippen LogP contribution in [-0.4, -0.2) is 59.1 Å². The number of nitrogens with one attached hydrogen (secondary N) is 1. The second-order valence-electron chi connectivity index (χ2n) is 7.02. The average Bonchev–Trinajstić information content (AvgIpc) is 2.68. The zero-order valence-corrected chi connectivity index (χ0v) is 16.9. The van der Waals surface area contributed by atoms with Crippen LogP contribution in [0, 0.1) is 5.92 Å².